The standard InChI is InChI=1S/C8H12N2O2/c1-3-7-6(8(11)12)5-10(4-2)9-7/h5H,3-4H2,1-2H3,(H,11,12)/p-1. The summed E-state index contributed by atoms with van der Waals surface area (Å²) in [5.74, 6) is -1.15. The van der Waals surface area contributed by atoms with Crippen LogP contribution in [-0.2, 0) is 13.0 Å². The highest BCUT2D eigenvalue weighted by Gasteiger charge is 2.06. The van der Waals surface area contributed by atoms with Crippen LogP contribution >= 0.6 is 0 Å². The lowest BCUT2D eigenvalue weighted by atomic mass is 10.2. The summed E-state index contributed by atoms with van der Waals surface area (Å²) in [5.41, 5.74) is 0.802. The van der Waals surface area contributed by atoms with Crippen LogP contribution in [0.15, 0.2) is 6.20 Å². The van der Waals surface area contributed by atoms with E-state index in [1.807, 2.05) is 13.8 Å². The second-order valence-corrected chi connectivity index (χ2v) is 2.49. The van der Waals surface area contributed by atoms with E-state index in [1.165, 1.54) is 6.20 Å². The van der Waals surface area contributed by atoms with Crippen molar-refractivity contribution in [2.75, 3.05) is 0 Å². The van der Waals surface area contributed by atoms with Crippen LogP contribution < -0.4 is 5.11 Å². The first-order valence-corrected chi connectivity index (χ1v) is 3.96. The summed E-state index contributed by atoms with van der Waals surface area (Å²) in [6.07, 6.45) is 2.13. The lowest BCUT2D eigenvalue weighted by Gasteiger charge is -1.97. The van der Waals surface area contributed by atoms with Gasteiger partial charge in [0.25, 0.3) is 0 Å². The van der Waals surface area contributed by atoms with Crippen LogP contribution in [-0.4, -0.2) is 15.7 Å². The number of carbonyl (C=O) groups excluding carboxylic acids is 1. The summed E-state index contributed by atoms with van der Waals surface area (Å²) in [7, 11) is 0. The maximum absolute atomic E-state index is 10.5. The van der Waals surface area contributed by atoms with Crippen molar-refractivity contribution in [3.8, 4) is 0 Å². The third kappa shape index (κ3) is 1.47. The molecule has 0 saturated carbocycles. The van der Waals surface area contributed by atoms with Crippen LogP contribution in [0.25, 0.3) is 0 Å². The lowest BCUT2D eigenvalue weighted by Crippen LogP contribution is -2.22. The van der Waals surface area contributed by atoms with Crippen LogP contribution in [0.1, 0.15) is 29.9 Å². The molecule has 4 heteroatoms. The van der Waals surface area contributed by atoms with Crippen molar-refractivity contribution in [2.45, 2.75) is 26.8 Å². The average molecular weight is 167 g/mol. The van der Waals surface area contributed by atoms with E-state index in [0.29, 0.717) is 18.7 Å². The number of nitrogens with zero attached hydrogens (tertiary/aromatic N) is 2. The predicted molar refractivity (Wildman–Crippen MR) is 41.6 cm³/mol. The summed E-state index contributed by atoms with van der Waals surface area (Å²) in [6, 6.07) is 0. The van der Waals surface area contributed by atoms with Crippen LogP contribution in [0.5, 0.6) is 0 Å². The van der Waals surface area contributed by atoms with Gasteiger partial charge < -0.3 is 9.90 Å². The van der Waals surface area contributed by atoms with Crippen LogP contribution in [0.3, 0.4) is 0 Å². The number of aromatic nitrogens is 2. The maximum Gasteiger partial charge on any atom is 0.0749 e. The van der Waals surface area contributed by atoms with E-state index in [9.17, 15) is 9.90 Å². The van der Waals surface area contributed by atoms with Gasteiger partial charge in [-0.2, -0.15) is 5.10 Å². The maximum atomic E-state index is 10.5. The molecule has 0 radical (unpaired) electrons. The molecule has 0 amide bonds. The van der Waals surface area contributed by atoms with E-state index in [2.05, 4.69) is 5.10 Å². The molecule has 1 aromatic heterocycles. The van der Waals surface area contributed by atoms with Gasteiger partial charge in [0.1, 0.15) is 0 Å². The molecule has 0 spiro atoms. The van der Waals surface area contributed by atoms with E-state index < -0.39 is 5.97 Å². The quantitative estimate of drug-likeness (QED) is 0.628. The van der Waals surface area contributed by atoms with Crippen molar-refractivity contribution >= 4 is 5.97 Å². The highest BCUT2D eigenvalue weighted by Crippen LogP contribution is 2.06. The third-order valence-corrected chi connectivity index (χ3v) is 1.72. The lowest BCUT2D eigenvalue weighted by molar-refractivity contribution is -0.255. The molecule has 1 heterocycles. The average Bonchev–Trinajstić information content (AvgIpc) is 2.47. The Labute approximate surface area is 70.8 Å². The molecule has 66 valence electrons. The largest absolute Gasteiger partial charge is 0.545 e. The molecule has 0 unspecified atom stereocenters. The first kappa shape index (κ1) is 8.77. The molecule has 0 aliphatic heterocycles. The second kappa shape index (κ2) is 3.38. The number of hydrogen-bond donors (Lipinski definition) is 0. The van der Waals surface area contributed by atoms with E-state index in [-0.39, 0.29) is 5.56 Å². The van der Waals surface area contributed by atoms with Crippen LogP contribution in [0.2, 0.25) is 0 Å². The van der Waals surface area contributed by atoms with Gasteiger partial charge in [-0.25, -0.2) is 0 Å². The van der Waals surface area contributed by atoms with E-state index in [4.69, 9.17) is 0 Å². The van der Waals surface area contributed by atoms with Gasteiger partial charge in [0.15, 0.2) is 0 Å². The molecular weight excluding hydrogens is 156 g/mol. The van der Waals surface area contributed by atoms with Gasteiger partial charge in [0.05, 0.1) is 11.7 Å². The Kier molecular flexibility index (Phi) is 2.47. The number of carbonyl (C=O) groups is 1. The van der Waals surface area contributed by atoms with E-state index >= 15 is 0 Å². The number of aromatic carboxylic acids is 1. The van der Waals surface area contributed by atoms with Crippen molar-refractivity contribution in [1.82, 2.24) is 9.78 Å². The first-order chi connectivity index (χ1) is 5.69. The fraction of sp³-hybridized carbons (Fsp3) is 0.500. The Bertz CT molecular complexity index is 291. The molecule has 0 fully saturated rings. The van der Waals surface area contributed by atoms with Crippen LogP contribution in [0.4, 0.5) is 0 Å². The van der Waals surface area contributed by atoms with Gasteiger partial charge >= 0.3 is 0 Å². The molecule has 0 aromatic carbocycles. The number of aryl methyl sites for hydroxylation is 2. The minimum atomic E-state index is -1.15. The summed E-state index contributed by atoms with van der Waals surface area (Å²) in [5, 5.41) is 14.6. The first-order valence-electron chi connectivity index (χ1n) is 3.96. The van der Waals surface area contributed by atoms with Crippen molar-refractivity contribution in [3.63, 3.8) is 0 Å². The normalized spacial score (nSPS) is 10.2. The van der Waals surface area contributed by atoms with Gasteiger partial charge in [-0.05, 0) is 13.3 Å². The van der Waals surface area contributed by atoms with E-state index in [0.717, 1.165) is 0 Å². The summed E-state index contributed by atoms with van der Waals surface area (Å²) in [4.78, 5) is 10.5. The number of carboxylic acids is 1. The Morgan fingerprint density at radius 1 is 1.67 bits per heavy atom. The Morgan fingerprint density at radius 3 is 2.67 bits per heavy atom. The Balaban J connectivity index is 3.08. The smallest absolute Gasteiger partial charge is 0.0749 e. The topological polar surface area (TPSA) is 58.0 Å². The molecule has 12 heavy (non-hydrogen) atoms. The van der Waals surface area contributed by atoms with Crippen LogP contribution in [0, 0.1) is 0 Å². The molecule has 1 aromatic rings. The zero-order valence-corrected chi connectivity index (χ0v) is 7.20. The number of rotatable bonds is 3. The Morgan fingerprint density at radius 2 is 2.33 bits per heavy atom. The summed E-state index contributed by atoms with van der Waals surface area (Å²) < 4.78 is 1.60. The van der Waals surface area contributed by atoms with Crippen molar-refractivity contribution in [3.05, 3.63) is 17.5 Å². The van der Waals surface area contributed by atoms with Gasteiger partial charge in [-0.1, -0.05) is 6.92 Å². The molecule has 0 aliphatic carbocycles. The highest BCUT2D eigenvalue weighted by molar-refractivity contribution is 5.86. The van der Waals surface area contributed by atoms with E-state index in [1.54, 1.807) is 4.68 Å². The fourth-order valence-corrected chi connectivity index (χ4v) is 1.05. The molecule has 0 bridgehead atoms. The molecular formula is C8H11N2O2-. The molecule has 0 saturated heterocycles. The summed E-state index contributed by atoms with van der Waals surface area (Å²) in [6.45, 7) is 4.46. The highest BCUT2D eigenvalue weighted by atomic mass is 16.4. The number of hydrogen-bond acceptors (Lipinski definition) is 3. The molecule has 1 rings (SSSR count). The molecule has 4 nitrogen and oxygen atoms in total. The van der Waals surface area contributed by atoms with Gasteiger partial charge in [0, 0.05) is 18.3 Å². The summed E-state index contributed by atoms with van der Waals surface area (Å²) >= 11 is 0. The monoisotopic (exact) mass is 167 g/mol. The fourth-order valence-electron chi connectivity index (χ4n) is 1.05. The Hall–Kier alpha value is -1.32. The van der Waals surface area contributed by atoms with Gasteiger partial charge in [-0.15, -0.1) is 0 Å². The van der Waals surface area contributed by atoms with Crippen molar-refractivity contribution < 1.29 is 9.90 Å². The molecule has 0 aliphatic rings. The zero-order chi connectivity index (χ0) is 9.14. The third-order valence-electron chi connectivity index (χ3n) is 1.72. The van der Waals surface area contributed by atoms with Crippen molar-refractivity contribution in [1.29, 1.82) is 0 Å². The molecule has 0 N–H and O–H groups in total. The second-order valence-electron chi connectivity index (χ2n) is 2.49. The predicted octanol–water partition coefficient (Wildman–Crippen LogP) is -0.171. The SMILES string of the molecule is CCc1nn(CC)cc1C(=O)[O-]. The molecule has 0 atom stereocenters. The minimum Gasteiger partial charge on any atom is -0.545 e. The minimum absolute atomic E-state index is 0.208. The van der Waals surface area contributed by atoms with Crippen molar-refractivity contribution in [2.24, 2.45) is 0 Å². The van der Waals surface area contributed by atoms with Gasteiger partial charge in [-0.3, -0.25) is 4.68 Å². The number of carboxylic acid groups (broad SMARTS) is 1. The zero-order valence-electron chi connectivity index (χ0n) is 7.20. The van der Waals surface area contributed by atoms with Gasteiger partial charge in [0.2, 0.25) is 0 Å².